The van der Waals surface area contributed by atoms with Gasteiger partial charge < -0.3 is 4.74 Å². The molecule has 1 aromatic rings. The Balaban J connectivity index is 1.93. The number of hydrogen-bond donors (Lipinski definition) is 0. The maximum Gasteiger partial charge on any atom is 0.179 e. The van der Waals surface area contributed by atoms with Crippen molar-refractivity contribution in [2.24, 2.45) is 0 Å². The highest BCUT2D eigenvalue weighted by atomic mass is 32.2. The first-order chi connectivity index (χ1) is 8.58. The normalized spacial score (nSPS) is 21.9. The molecule has 0 saturated carbocycles. The van der Waals surface area contributed by atoms with E-state index < -0.39 is 9.84 Å². The average Bonchev–Trinajstić information content (AvgIpc) is 2.38. The Morgan fingerprint density at radius 3 is 2.72 bits per heavy atom. The molecule has 0 N–H and O–H groups in total. The fourth-order valence-electron chi connectivity index (χ4n) is 2.09. The Hall–Kier alpha value is -0.910. The van der Waals surface area contributed by atoms with Crippen molar-refractivity contribution in [3.05, 3.63) is 30.3 Å². The Kier molecular flexibility index (Phi) is 4.37. The molecule has 0 aromatic heterocycles. The van der Waals surface area contributed by atoms with Gasteiger partial charge in [-0.15, -0.1) is 0 Å². The number of ether oxygens (including phenoxy) is 1. The second-order valence-electron chi connectivity index (χ2n) is 4.61. The number of nitrogens with zero attached hydrogens (tertiary/aromatic N) is 1. The minimum absolute atomic E-state index is 0.170. The molecule has 0 bridgehead atoms. The molecule has 2 rings (SSSR count). The molecule has 0 radical (unpaired) electrons. The smallest absolute Gasteiger partial charge is 0.179 e. The fraction of sp³-hybridized carbons (Fsp3) is 0.538. The molecule has 1 heterocycles. The molecule has 0 amide bonds. The largest absolute Gasteiger partial charge is 0.376 e. The Morgan fingerprint density at radius 1 is 1.33 bits per heavy atom. The van der Waals surface area contributed by atoms with Crippen LogP contribution < -0.4 is 0 Å². The van der Waals surface area contributed by atoms with Crippen molar-refractivity contribution in [1.29, 1.82) is 0 Å². The first-order valence-electron chi connectivity index (χ1n) is 6.20. The second-order valence-corrected chi connectivity index (χ2v) is 6.72. The zero-order valence-corrected chi connectivity index (χ0v) is 11.4. The van der Waals surface area contributed by atoms with E-state index in [2.05, 4.69) is 4.90 Å². The van der Waals surface area contributed by atoms with Gasteiger partial charge in [0, 0.05) is 19.6 Å². The van der Waals surface area contributed by atoms with Crippen LogP contribution in [0.1, 0.15) is 6.92 Å². The molecule has 1 aromatic carbocycles. The minimum Gasteiger partial charge on any atom is -0.376 e. The molecule has 100 valence electrons. The maximum atomic E-state index is 12.1. The van der Waals surface area contributed by atoms with Crippen molar-refractivity contribution < 1.29 is 13.2 Å². The third-order valence-corrected chi connectivity index (χ3v) is 4.81. The molecule has 0 unspecified atom stereocenters. The quantitative estimate of drug-likeness (QED) is 0.823. The molecule has 18 heavy (non-hydrogen) atoms. The first-order valence-corrected chi connectivity index (χ1v) is 7.85. The summed E-state index contributed by atoms with van der Waals surface area (Å²) < 4.78 is 29.6. The van der Waals surface area contributed by atoms with Crippen molar-refractivity contribution in [3.8, 4) is 0 Å². The molecular weight excluding hydrogens is 250 g/mol. The summed E-state index contributed by atoms with van der Waals surface area (Å²) in [7, 11) is -3.16. The molecule has 1 saturated heterocycles. The predicted molar refractivity (Wildman–Crippen MR) is 70.3 cm³/mol. The molecule has 4 nitrogen and oxygen atoms in total. The fourth-order valence-corrected chi connectivity index (χ4v) is 3.39. The van der Waals surface area contributed by atoms with E-state index in [9.17, 15) is 8.42 Å². The molecule has 1 atom stereocenters. The van der Waals surface area contributed by atoms with Crippen molar-refractivity contribution in [3.63, 3.8) is 0 Å². The number of hydrogen-bond acceptors (Lipinski definition) is 4. The van der Waals surface area contributed by atoms with Gasteiger partial charge in [0.2, 0.25) is 0 Å². The van der Waals surface area contributed by atoms with Crippen LogP contribution in [0.3, 0.4) is 0 Å². The summed E-state index contributed by atoms with van der Waals surface area (Å²) >= 11 is 0. The van der Waals surface area contributed by atoms with Crippen LogP contribution in [0.15, 0.2) is 35.2 Å². The summed E-state index contributed by atoms with van der Waals surface area (Å²) in [5.41, 5.74) is 0. The van der Waals surface area contributed by atoms with E-state index in [1.54, 1.807) is 24.3 Å². The van der Waals surface area contributed by atoms with Crippen LogP contribution in [-0.2, 0) is 14.6 Å². The van der Waals surface area contributed by atoms with Crippen LogP contribution in [0.2, 0.25) is 0 Å². The van der Waals surface area contributed by atoms with Crippen LogP contribution in [0.25, 0.3) is 0 Å². The van der Waals surface area contributed by atoms with E-state index in [1.807, 2.05) is 13.0 Å². The number of sulfone groups is 1. The highest BCUT2D eigenvalue weighted by Crippen LogP contribution is 2.11. The molecule has 1 fully saturated rings. The Labute approximate surface area is 108 Å². The molecule has 5 heteroatoms. The first kappa shape index (κ1) is 13.5. The molecule has 1 aliphatic rings. The van der Waals surface area contributed by atoms with E-state index in [-0.39, 0.29) is 11.9 Å². The average molecular weight is 269 g/mol. The van der Waals surface area contributed by atoms with Gasteiger partial charge in [-0.25, -0.2) is 8.42 Å². The Morgan fingerprint density at radius 2 is 2.06 bits per heavy atom. The van der Waals surface area contributed by atoms with Gasteiger partial charge in [-0.3, -0.25) is 4.90 Å². The van der Waals surface area contributed by atoms with E-state index in [4.69, 9.17) is 4.74 Å². The lowest BCUT2D eigenvalue weighted by Crippen LogP contribution is -2.43. The van der Waals surface area contributed by atoms with Crippen LogP contribution in [0.5, 0.6) is 0 Å². The van der Waals surface area contributed by atoms with Crippen molar-refractivity contribution in [2.75, 3.05) is 32.0 Å². The van der Waals surface area contributed by atoms with Gasteiger partial charge in [0.05, 0.1) is 23.4 Å². The molecular formula is C13H19NO3S. The van der Waals surface area contributed by atoms with Crippen molar-refractivity contribution in [2.45, 2.75) is 17.9 Å². The lowest BCUT2D eigenvalue weighted by molar-refractivity contribution is -0.0160. The number of benzene rings is 1. The minimum atomic E-state index is -3.16. The topological polar surface area (TPSA) is 46.6 Å². The molecule has 0 spiro atoms. The van der Waals surface area contributed by atoms with Crippen LogP contribution >= 0.6 is 0 Å². The molecule has 1 aliphatic heterocycles. The zero-order chi connectivity index (χ0) is 13.0. The van der Waals surface area contributed by atoms with Gasteiger partial charge in [0.25, 0.3) is 0 Å². The van der Waals surface area contributed by atoms with Gasteiger partial charge in [-0.05, 0) is 19.1 Å². The Bertz CT molecular complexity index is 472. The van der Waals surface area contributed by atoms with E-state index in [0.717, 1.165) is 13.1 Å². The summed E-state index contributed by atoms with van der Waals surface area (Å²) in [6.07, 6.45) is 0.193. The highest BCUT2D eigenvalue weighted by Gasteiger charge is 2.20. The van der Waals surface area contributed by atoms with Gasteiger partial charge in [0.15, 0.2) is 9.84 Å². The van der Waals surface area contributed by atoms with E-state index in [1.165, 1.54) is 0 Å². The van der Waals surface area contributed by atoms with Crippen LogP contribution in [-0.4, -0.2) is 51.4 Å². The van der Waals surface area contributed by atoms with E-state index in [0.29, 0.717) is 18.0 Å². The lowest BCUT2D eigenvalue weighted by Gasteiger charge is -2.30. The SMILES string of the molecule is C[C@H]1CN(CCS(=O)(=O)c2ccccc2)CCO1. The van der Waals surface area contributed by atoms with Crippen LogP contribution in [0.4, 0.5) is 0 Å². The summed E-state index contributed by atoms with van der Waals surface area (Å²) in [6, 6.07) is 8.63. The lowest BCUT2D eigenvalue weighted by atomic mass is 10.3. The summed E-state index contributed by atoms with van der Waals surface area (Å²) in [4.78, 5) is 2.56. The summed E-state index contributed by atoms with van der Waals surface area (Å²) in [5, 5.41) is 0. The standard InChI is InChI=1S/C13H19NO3S/c1-12-11-14(7-9-17-12)8-10-18(15,16)13-5-3-2-4-6-13/h2-6,12H,7-11H2,1H3/t12-/m0/s1. The monoisotopic (exact) mass is 269 g/mol. The van der Waals surface area contributed by atoms with E-state index >= 15 is 0 Å². The van der Waals surface area contributed by atoms with Gasteiger partial charge in [-0.2, -0.15) is 0 Å². The predicted octanol–water partition coefficient (Wildman–Crippen LogP) is 1.18. The van der Waals surface area contributed by atoms with Gasteiger partial charge in [-0.1, -0.05) is 18.2 Å². The molecule has 0 aliphatic carbocycles. The third kappa shape index (κ3) is 3.54. The summed E-state index contributed by atoms with van der Waals surface area (Å²) in [6.45, 7) is 4.90. The highest BCUT2D eigenvalue weighted by molar-refractivity contribution is 7.91. The van der Waals surface area contributed by atoms with Gasteiger partial charge in [0.1, 0.15) is 0 Å². The maximum absolute atomic E-state index is 12.1. The van der Waals surface area contributed by atoms with Crippen LogP contribution in [0, 0.1) is 0 Å². The van der Waals surface area contributed by atoms with Gasteiger partial charge >= 0.3 is 0 Å². The number of rotatable bonds is 4. The van der Waals surface area contributed by atoms with Crippen molar-refractivity contribution >= 4 is 9.84 Å². The summed E-state index contributed by atoms with van der Waals surface area (Å²) in [5.74, 6) is 0.170. The number of morpholine rings is 1. The third-order valence-electron chi connectivity index (χ3n) is 3.10. The zero-order valence-electron chi connectivity index (χ0n) is 10.6. The van der Waals surface area contributed by atoms with Crippen molar-refractivity contribution in [1.82, 2.24) is 4.90 Å². The second kappa shape index (κ2) is 5.82.